The number of likely N-dealkylation sites (tertiary alicyclic amines) is 2. The maximum Gasteiger partial charge on any atom is 0.308 e. The molecule has 4 heterocycles. The first-order valence-electron chi connectivity index (χ1n) is 18.0. The molecule has 3 atom stereocenters. The first-order chi connectivity index (χ1) is 24.2. The Morgan fingerprint density at radius 3 is 2.42 bits per heavy atom. The molecule has 0 spiro atoms. The van der Waals surface area contributed by atoms with Gasteiger partial charge in [0.05, 0.1) is 34.9 Å². The molecule has 12 heteroatoms. The average molecular weight is 725 g/mol. The van der Waals surface area contributed by atoms with Crippen molar-refractivity contribution in [3.05, 3.63) is 64.6 Å². The third-order valence-corrected chi connectivity index (χ3v) is 12.7. The number of ether oxygens (including phenoxy) is 2. The quantitative estimate of drug-likeness (QED) is 0.224. The summed E-state index contributed by atoms with van der Waals surface area (Å²) in [6.45, 7) is 5.11. The summed E-state index contributed by atoms with van der Waals surface area (Å²) in [6.07, 6.45) is 5.80. The predicted molar refractivity (Wildman–Crippen MR) is 194 cm³/mol. The molecule has 4 fully saturated rings. The zero-order valence-corrected chi connectivity index (χ0v) is 30.4. The van der Waals surface area contributed by atoms with Gasteiger partial charge in [-0.3, -0.25) is 24.2 Å². The molecule has 1 unspecified atom stereocenters. The van der Waals surface area contributed by atoms with E-state index in [2.05, 4.69) is 15.1 Å². The number of nitrogens with one attached hydrogen (secondary N) is 1. The number of ketones is 1. The van der Waals surface area contributed by atoms with E-state index in [4.69, 9.17) is 21.1 Å². The van der Waals surface area contributed by atoms with Crippen LogP contribution in [0.4, 0.5) is 10.1 Å². The van der Waals surface area contributed by atoms with Crippen molar-refractivity contribution in [2.24, 2.45) is 24.8 Å². The van der Waals surface area contributed by atoms with Crippen molar-refractivity contribution in [3.8, 4) is 0 Å². The highest BCUT2D eigenvalue weighted by atomic mass is 35.5. The number of amides is 1. The zero-order valence-electron chi connectivity index (χ0n) is 28.8. The Bertz CT molecular complexity index is 1740. The molecule has 0 bridgehead atoms. The van der Waals surface area contributed by atoms with Crippen LogP contribution in [0, 0.1) is 23.6 Å². The fourth-order valence-corrected chi connectivity index (χ4v) is 10.2. The van der Waals surface area contributed by atoms with Gasteiger partial charge in [-0.2, -0.15) is 11.8 Å². The summed E-state index contributed by atoms with van der Waals surface area (Å²) in [5.41, 5.74) is 1.66. The molecule has 1 saturated carbocycles. The Kier molecular flexibility index (Phi) is 10.6. The highest BCUT2D eigenvalue weighted by Gasteiger charge is 2.56. The van der Waals surface area contributed by atoms with Crippen LogP contribution in [0.5, 0.6) is 0 Å². The van der Waals surface area contributed by atoms with E-state index in [1.165, 1.54) is 12.1 Å². The molecule has 7 rings (SSSR count). The molecule has 1 amide bonds. The maximum absolute atomic E-state index is 16.0. The van der Waals surface area contributed by atoms with Gasteiger partial charge in [-0.1, -0.05) is 29.8 Å². The topological polar surface area (TPSA) is 93.1 Å². The number of para-hydroxylation sites is 1. The Balaban J connectivity index is 1.15. The van der Waals surface area contributed by atoms with Crippen LogP contribution >= 0.6 is 23.4 Å². The van der Waals surface area contributed by atoms with Gasteiger partial charge in [0.15, 0.2) is 5.78 Å². The molecule has 9 nitrogen and oxygen atoms in total. The summed E-state index contributed by atoms with van der Waals surface area (Å²) in [4.78, 5) is 45.2. The number of Topliss-reactive ketones (excluding diaryl/α,β-unsaturated/α-hetero) is 1. The number of hydrogen-bond acceptors (Lipinski definition) is 8. The summed E-state index contributed by atoms with van der Waals surface area (Å²) in [5, 5.41) is 3.72. The van der Waals surface area contributed by atoms with E-state index in [1.807, 2.05) is 54.6 Å². The van der Waals surface area contributed by atoms with Gasteiger partial charge in [0.2, 0.25) is 5.85 Å². The number of thioether (sulfide) groups is 1. The summed E-state index contributed by atoms with van der Waals surface area (Å²) in [6, 6.07) is 10.2. The van der Waals surface area contributed by atoms with Crippen LogP contribution in [-0.2, 0) is 32.5 Å². The highest BCUT2D eigenvalue weighted by molar-refractivity contribution is 7.99. The Labute approximate surface area is 302 Å². The van der Waals surface area contributed by atoms with Crippen molar-refractivity contribution >= 4 is 57.6 Å². The van der Waals surface area contributed by atoms with Crippen LogP contribution < -0.4 is 5.32 Å². The number of nitrogens with zero attached hydrogens (tertiary/aromatic N) is 3. The molecule has 50 heavy (non-hydrogen) atoms. The predicted octanol–water partition coefficient (Wildman–Crippen LogP) is 6.52. The molecule has 4 aliphatic rings. The van der Waals surface area contributed by atoms with E-state index in [9.17, 15) is 14.4 Å². The van der Waals surface area contributed by atoms with Crippen molar-refractivity contribution in [1.82, 2.24) is 14.4 Å². The number of benzene rings is 2. The summed E-state index contributed by atoms with van der Waals surface area (Å²) in [5.74, 6) is 0.197. The molecule has 3 aromatic rings. The van der Waals surface area contributed by atoms with Crippen LogP contribution in [0.2, 0.25) is 5.02 Å². The second-order valence-corrected chi connectivity index (χ2v) is 15.7. The molecular formula is C38H46ClFN4O5S. The minimum absolute atomic E-state index is 0.142. The van der Waals surface area contributed by atoms with Crippen molar-refractivity contribution in [1.29, 1.82) is 0 Å². The lowest BCUT2D eigenvalue weighted by molar-refractivity contribution is -0.253. The van der Waals surface area contributed by atoms with Crippen LogP contribution in [0.25, 0.3) is 10.9 Å². The van der Waals surface area contributed by atoms with Gasteiger partial charge in [-0.25, -0.2) is 4.39 Å². The second-order valence-electron chi connectivity index (χ2n) is 14.3. The minimum atomic E-state index is -1.34. The number of hydrogen-bond donors (Lipinski definition) is 1. The van der Waals surface area contributed by atoms with Crippen LogP contribution in [0.1, 0.15) is 61.4 Å². The number of aromatic nitrogens is 1. The largest absolute Gasteiger partial charge is 0.466 e. The Morgan fingerprint density at radius 1 is 1.02 bits per heavy atom. The monoisotopic (exact) mass is 724 g/mol. The van der Waals surface area contributed by atoms with Crippen LogP contribution in [-0.4, -0.2) is 88.3 Å². The van der Waals surface area contributed by atoms with Crippen LogP contribution in [0.3, 0.4) is 0 Å². The summed E-state index contributed by atoms with van der Waals surface area (Å²) in [7, 11) is 1.87. The van der Waals surface area contributed by atoms with Gasteiger partial charge in [0, 0.05) is 56.7 Å². The Hall–Kier alpha value is -2.96. The SMILES string of the molecule is CCOC(=O)[C@H]1CC[C@H](OC(C(=O)Cc2cc(Cl)c(NC(=O)c3cn(C)c4ccccc34)cc2F)(N2CCCC2)N2C[C@H]3CSC[C@H]3C2)CC1. The third kappa shape index (κ3) is 6.84. The minimum Gasteiger partial charge on any atom is -0.466 e. The molecule has 1 aromatic heterocycles. The van der Waals surface area contributed by atoms with Crippen molar-refractivity contribution in [3.63, 3.8) is 0 Å². The van der Waals surface area contributed by atoms with Crippen molar-refractivity contribution < 1.29 is 28.2 Å². The van der Waals surface area contributed by atoms with E-state index in [0.717, 1.165) is 48.3 Å². The molecule has 0 radical (unpaired) electrons. The lowest BCUT2D eigenvalue weighted by Crippen LogP contribution is -2.67. The van der Waals surface area contributed by atoms with Gasteiger partial charge >= 0.3 is 5.97 Å². The molecule has 3 saturated heterocycles. The average Bonchev–Trinajstić information content (AvgIpc) is 3.92. The van der Waals surface area contributed by atoms with Gasteiger partial charge in [-0.15, -0.1) is 0 Å². The van der Waals surface area contributed by atoms with E-state index in [0.29, 0.717) is 62.8 Å². The molecule has 1 N–H and O–H groups in total. The lowest BCUT2D eigenvalue weighted by atomic mass is 9.87. The first-order valence-corrected chi connectivity index (χ1v) is 19.5. The van der Waals surface area contributed by atoms with E-state index in [1.54, 1.807) is 6.20 Å². The van der Waals surface area contributed by atoms with Crippen LogP contribution in [0.15, 0.2) is 42.6 Å². The second kappa shape index (κ2) is 14.9. The lowest BCUT2D eigenvalue weighted by Gasteiger charge is -2.49. The van der Waals surface area contributed by atoms with Gasteiger partial charge in [-0.05, 0) is 92.6 Å². The van der Waals surface area contributed by atoms with Gasteiger partial charge in [0.1, 0.15) is 5.82 Å². The number of anilines is 1. The van der Waals surface area contributed by atoms with E-state index < -0.39 is 17.6 Å². The first kappa shape index (κ1) is 35.4. The highest BCUT2D eigenvalue weighted by Crippen LogP contribution is 2.43. The van der Waals surface area contributed by atoms with Crippen molar-refractivity contribution in [2.75, 3.05) is 49.6 Å². The van der Waals surface area contributed by atoms with E-state index in [-0.39, 0.29) is 46.5 Å². The number of esters is 1. The molecule has 1 aliphatic carbocycles. The number of halogens is 2. The zero-order chi connectivity index (χ0) is 35.0. The number of carbonyl (C=O) groups is 3. The smallest absolute Gasteiger partial charge is 0.308 e. The number of fused-ring (bicyclic) bond motifs is 2. The number of rotatable bonds is 11. The Morgan fingerprint density at radius 2 is 1.72 bits per heavy atom. The van der Waals surface area contributed by atoms with Gasteiger partial charge in [0.25, 0.3) is 5.91 Å². The van der Waals surface area contributed by atoms with E-state index >= 15 is 4.39 Å². The molecule has 2 aromatic carbocycles. The fourth-order valence-electron chi connectivity index (χ4n) is 8.45. The fraction of sp³-hybridized carbons (Fsp3) is 0.553. The number of aryl methyl sites for hydroxylation is 1. The van der Waals surface area contributed by atoms with Crippen molar-refractivity contribution in [2.45, 2.75) is 63.8 Å². The molecular weight excluding hydrogens is 679 g/mol. The molecule has 268 valence electrons. The number of carbonyl (C=O) groups excluding carboxylic acids is 3. The molecule has 3 aliphatic heterocycles. The maximum atomic E-state index is 16.0. The third-order valence-electron chi connectivity index (χ3n) is 11.1. The summed E-state index contributed by atoms with van der Waals surface area (Å²) >= 11 is 8.67. The van der Waals surface area contributed by atoms with Gasteiger partial charge < -0.3 is 19.4 Å². The summed E-state index contributed by atoms with van der Waals surface area (Å²) < 4.78 is 30.3. The standard InChI is InChI=1S/C38H46ClFN4O5S/c1-3-48-37(47)24-10-12-28(13-11-24)49-38(43-14-6-7-15-43,44-19-26-22-50-23-27(26)20-44)35(45)17-25-16-31(39)33(18-32(25)40)41-36(46)30-21-42(2)34-9-5-4-8-29(30)34/h4-5,8-9,16,18,21,24,26-28H,3,6-7,10-15,17,19-20,22-23H2,1-2H3,(H,41,46)/t24-,26-,27+,28-,38?. The normalized spacial score (nSPS) is 25.4.